The van der Waals surface area contributed by atoms with Crippen LogP contribution in [0.1, 0.15) is 138 Å². The lowest BCUT2D eigenvalue weighted by atomic mass is 9.68. The zero-order valence-electron chi connectivity index (χ0n) is 28.6. The Hall–Kier alpha value is -2.34. The summed E-state index contributed by atoms with van der Waals surface area (Å²) in [4.78, 5) is 17.8. The molecule has 0 bridgehead atoms. The average molecular weight is 666 g/mol. The predicted octanol–water partition coefficient (Wildman–Crippen LogP) is 9.59. The molecule has 3 atom stereocenters. The lowest BCUT2D eigenvalue weighted by Crippen LogP contribution is -2.46. The van der Waals surface area contributed by atoms with Gasteiger partial charge in [0.25, 0.3) is 0 Å². The van der Waals surface area contributed by atoms with E-state index in [4.69, 9.17) is 23.6 Å². The fraction of sp³-hybridized carbons (Fsp3) is 0.657. The number of rotatable bonds is 5. The molecule has 1 saturated heterocycles. The summed E-state index contributed by atoms with van der Waals surface area (Å²) < 4.78 is 81.8. The molecule has 6 nitrogen and oxygen atoms in total. The van der Waals surface area contributed by atoms with Crippen molar-refractivity contribution in [3.05, 3.63) is 63.2 Å². The van der Waals surface area contributed by atoms with Crippen LogP contribution in [0.4, 0.5) is 17.6 Å². The molecule has 0 N–H and O–H groups in total. The summed E-state index contributed by atoms with van der Waals surface area (Å²) in [5, 5.41) is -0.105. The molecule has 3 aliphatic rings. The minimum Gasteiger partial charge on any atom is -0.455 e. The molecule has 1 aliphatic carbocycles. The topological polar surface area (TPSA) is 66.9 Å². The van der Waals surface area contributed by atoms with Gasteiger partial charge in [0.1, 0.15) is 18.0 Å². The van der Waals surface area contributed by atoms with E-state index in [0.29, 0.717) is 43.9 Å². The fourth-order valence-electron chi connectivity index (χ4n) is 7.02. The number of fused-ring (bicyclic) bond motifs is 4. The maximum absolute atomic E-state index is 15.1. The van der Waals surface area contributed by atoms with Crippen LogP contribution < -0.4 is 0 Å². The molecule has 0 amide bonds. The predicted molar refractivity (Wildman–Crippen MR) is 168 cm³/mol. The number of nitrogens with zero attached hydrogens (tertiary/aromatic N) is 1. The Morgan fingerprint density at radius 2 is 1.72 bits per heavy atom. The number of ether oxygens (including phenoxy) is 3. The van der Waals surface area contributed by atoms with E-state index >= 15 is 4.39 Å². The number of hydrogen-bond acceptors (Lipinski definition) is 6. The van der Waals surface area contributed by atoms with Crippen molar-refractivity contribution >= 4 is 14.3 Å². The summed E-state index contributed by atoms with van der Waals surface area (Å²) >= 11 is 0. The second-order valence-electron chi connectivity index (χ2n) is 15.6. The summed E-state index contributed by atoms with van der Waals surface area (Å²) in [7, 11) is -2.38. The third kappa shape index (κ3) is 6.05. The second kappa shape index (κ2) is 11.7. The maximum atomic E-state index is 15.1. The van der Waals surface area contributed by atoms with Crippen molar-refractivity contribution in [2.45, 2.75) is 129 Å². The van der Waals surface area contributed by atoms with Crippen LogP contribution in [-0.4, -0.2) is 32.5 Å². The van der Waals surface area contributed by atoms with Gasteiger partial charge in [-0.1, -0.05) is 54.5 Å². The standard InChI is InChI=1S/C35H47F4NO5Si/c1-19(2)28-26-27(34(13-15-42-16-14-34)44-30(26)21-11-12-22(23(36)17-21)35(37,38)39)25-24(45-46(9,10)32(4,5)6)18-33(7,8)31(29(25)40-28)43-20(3)41/h11-12,17,19,24,30-31H,13-16,18H2,1-10H3/t24?,30-,31?/m1/s1. The molecule has 1 spiro atoms. The Morgan fingerprint density at radius 3 is 2.24 bits per heavy atom. The van der Waals surface area contributed by atoms with Gasteiger partial charge in [0.05, 0.1) is 23.0 Å². The van der Waals surface area contributed by atoms with Gasteiger partial charge in [-0.15, -0.1) is 0 Å². The minimum absolute atomic E-state index is 0.105. The zero-order chi connectivity index (χ0) is 34.2. The quantitative estimate of drug-likeness (QED) is 0.180. The number of aromatic nitrogens is 1. The number of benzene rings is 1. The normalized spacial score (nSPS) is 24.2. The molecule has 1 fully saturated rings. The van der Waals surface area contributed by atoms with E-state index in [1.54, 1.807) is 0 Å². The number of carbonyl (C=O) groups is 1. The number of carbonyl (C=O) groups excluding carboxylic acids is 1. The van der Waals surface area contributed by atoms with Crippen LogP contribution in [0.2, 0.25) is 18.1 Å². The Balaban J connectivity index is 1.85. The highest BCUT2D eigenvalue weighted by Crippen LogP contribution is 2.61. The SMILES string of the molecule is CC(=O)OC1c2nc(C(C)C)c3c(c2C(O[Si](C)(C)C(C)(C)C)CC1(C)C)C1(CCOCC1)O[C@@H]3c1ccc(C(F)(F)F)c(F)c1. The third-order valence-corrected chi connectivity index (χ3v) is 14.8. The van der Waals surface area contributed by atoms with Crippen LogP contribution in [-0.2, 0) is 35.2 Å². The average Bonchev–Trinajstić information content (AvgIpc) is 3.22. The van der Waals surface area contributed by atoms with E-state index < -0.39 is 61.2 Å². The van der Waals surface area contributed by atoms with Crippen LogP contribution >= 0.6 is 0 Å². The smallest absolute Gasteiger partial charge is 0.419 e. The van der Waals surface area contributed by atoms with E-state index in [0.717, 1.165) is 28.8 Å². The summed E-state index contributed by atoms with van der Waals surface area (Å²) in [6.45, 7) is 21.2. The lowest BCUT2D eigenvalue weighted by molar-refractivity contribution is -0.156. The molecule has 254 valence electrons. The van der Waals surface area contributed by atoms with Gasteiger partial charge in [-0.3, -0.25) is 9.78 Å². The van der Waals surface area contributed by atoms with Crippen LogP contribution in [0.3, 0.4) is 0 Å². The van der Waals surface area contributed by atoms with Crippen molar-refractivity contribution < 1.29 is 41.0 Å². The molecular weight excluding hydrogens is 618 g/mol. The van der Waals surface area contributed by atoms with E-state index in [9.17, 15) is 18.0 Å². The van der Waals surface area contributed by atoms with Gasteiger partial charge < -0.3 is 18.6 Å². The van der Waals surface area contributed by atoms with E-state index in [2.05, 4.69) is 47.7 Å². The summed E-state index contributed by atoms with van der Waals surface area (Å²) in [5.41, 5.74) is 1.31. The minimum atomic E-state index is -4.82. The van der Waals surface area contributed by atoms with Gasteiger partial charge in [0.15, 0.2) is 8.32 Å². The van der Waals surface area contributed by atoms with Gasteiger partial charge in [0, 0.05) is 55.2 Å². The molecule has 2 aromatic rings. The van der Waals surface area contributed by atoms with Crippen molar-refractivity contribution in [2.24, 2.45) is 5.41 Å². The maximum Gasteiger partial charge on any atom is 0.419 e. The number of alkyl halides is 3. The van der Waals surface area contributed by atoms with Crippen molar-refractivity contribution in [3.8, 4) is 0 Å². The molecule has 2 unspecified atom stereocenters. The number of halogens is 4. The number of pyridine rings is 1. The Kier molecular flexibility index (Phi) is 8.87. The first-order chi connectivity index (χ1) is 21.1. The van der Waals surface area contributed by atoms with Gasteiger partial charge >= 0.3 is 12.1 Å². The zero-order valence-corrected chi connectivity index (χ0v) is 29.6. The Bertz CT molecular complexity index is 1510. The molecular formula is C35H47F4NO5Si. The van der Waals surface area contributed by atoms with Crippen LogP contribution in [0.25, 0.3) is 0 Å². The molecule has 11 heteroatoms. The largest absolute Gasteiger partial charge is 0.455 e. The second-order valence-corrected chi connectivity index (χ2v) is 20.4. The number of hydrogen-bond donors (Lipinski definition) is 0. The van der Waals surface area contributed by atoms with Gasteiger partial charge in [0.2, 0.25) is 0 Å². The highest BCUT2D eigenvalue weighted by atomic mass is 28.4. The van der Waals surface area contributed by atoms with Crippen LogP contribution in [0.15, 0.2) is 18.2 Å². The van der Waals surface area contributed by atoms with Gasteiger partial charge in [-0.2, -0.15) is 13.2 Å². The molecule has 5 rings (SSSR count). The van der Waals surface area contributed by atoms with Gasteiger partial charge in [-0.05, 0) is 53.7 Å². The monoisotopic (exact) mass is 665 g/mol. The molecule has 1 aromatic carbocycles. The molecule has 0 radical (unpaired) electrons. The van der Waals surface area contributed by atoms with Crippen molar-refractivity contribution in [3.63, 3.8) is 0 Å². The molecule has 3 heterocycles. The molecule has 0 saturated carbocycles. The summed E-state index contributed by atoms with van der Waals surface area (Å²) in [5.74, 6) is -1.91. The first-order valence-corrected chi connectivity index (χ1v) is 19.1. The Morgan fingerprint density at radius 1 is 1.09 bits per heavy atom. The van der Waals surface area contributed by atoms with Crippen LogP contribution in [0, 0.1) is 11.2 Å². The van der Waals surface area contributed by atoms with E-state index in [1.807, 2.05) is 13.8 Å². The van der Waals surface area contributed by atoms with E-state index in [1.165, 1.54) is 13.0 Å². The highest BCUT2D eigenvalue weighted by molar-refractivity contribution is 6.74. The summed E-state index contributed by atoms with van der Waals surface area (Å²) in [6, 6.07) is 3.02. The van der Waals surface area contributed by atoms with Crippen molar-refractivity contribution in [1.82, 2.24) is 4.98 Å². The van der Waals surface area contributed by atoms with Gasteiger partial charge in [-0.25, -0.2) is 4.39 Å². The molecule has 46 heavy (non-hydrogen) atoms. The lowest BCUT2D eigenvalue weighted by Gasteiger charge is -2.48. The first-order valence-electron chi connectivity index (χ1n) is 16.1. The summed E-state index contributed by atoms with van der Waals surface area (Å²) in [6.07, 6.45) is -5.24. The van der Waals surface area contributed by atoms with Crippen LogP contribution in [0.5, 0.6) is 0 Å². The number of esters is 1. The van der Waals surface area contributed by atoms with E-state index in [-0.39, 0.29) is 16.5 Å². The van der Waals surface area contributed by atoms with Crippen molar-refractivity contribution in [1.29, 1.82) is 0 Å². The molecule has 2 aliphatic heterocycles. The molecule has 1 aromatic heterocycles. The fourth-order valence-corrected chi connectivity index (χ4v) is 8.28. The van der Waals surface area contributed by atoms with Crippen molar-refractivity contribution in [2.75, 3.05) is 13.2 Å². The highest BCUT2D eigenvalue weighted by Gasteiger charge is 2.56. The Labute approximate surface area is 270 Å². The third-order valence-electron chi connectivity index (χ3n) is 10.4. The first kappa shape index (κ1) is 35.0.